The van der Waals surface area contributed by atoms with Gasteiger partial charge in [0.15, 0.2) is 0 Å². The first-order chi connectivity index (χ1) is 8.75. The van der Waals surface area contributed by atoms with Crippen LogP contribution in [0.5, 0.6) is 0 Å². The van der Waals surface area contributed by atoms with Crippen LogP contribution in [0.25, 0.3) is 10.9 Å². The zero-order chi connectivity index (χ0) is 12.5. The van der Waals surface area contributed by atoms with E-state index in [1.54, 1.807) is 6.20 Å². The van der Waals surface area contributed by atoms with E-state index in [0.29, 0.717) is 10.4 Å². The molecule has 2 atom stereocenters. The summed E-state index contributed by atoms with van der Waals surface area (Å²) in [6.45, 7) is 0. The zero-order valence-electron chi connectivity index (χ0n) is 9.86. The first-order valence-corrected chi connectivity index (χ1v) is 7.08. The molecule has 0 spiro atoms. The van der Waals surface area contributed by atoms with Crippen molar-refractivity contribution in [2.24, 2.45) is 0 Å². The molecule has 4 heteroatoms. The van der Waals surface area contributed by atoms with E-state index in [9.17, 15) is 4.79 Å². The number of hydrogen-bond donors (Lipinski definition) is 1. The Morgan fingerprint density at radius 3 is 2.94 bits per heavy atom. The third kappa shape index (κ3) is 2.05. The minimum atomic E-state index is -0.233. The topological polar surface area (TPSA) is 42.1 Å². The van der Waals surface area contributed by atoms with Gasteiger partial charge in [-0.05, 0) is 25.3 Å². The molecule has 1 fully saturated rings. The molecular weight excluding hydrogens is 294 g/mol. The molecule has 1 aromatic heterocycles. The van der Waals surface area contributed by atoms with Gasteiger partial charge in [0.05, 0.1) is 10.4 Å². The quantitative estimate of drug-likeness (QED) is 0.680. The first kappa shape index (κ1) is 11.8. The number of benzene rings is 1. The van der Waals surface area contributed by atoms with Crippen molar-refractivity contribution < 1.29 is 9.53 Å². The second kappa shape index (κ2) is 4.76. The fraction of sp³-hybridized carbons (Fsp3) is 0.357. The Hall–Kier alpha value is -1.29. The van der Waals surface area contributed by atoms with Crippen LogP contribution < -0.4 is 0 Å². The van der Waals surface area contributed by atoms with Crippen LogP contribution in [-0.2, 0) is 4.74 Å². The molecule has 1 saturated carbocycles. The summed E-state index contributed by atoms with van der Waals surface area (Å²) >= 11 is 3.56. The fourth-order valence-corrected chi connectivity index (χ4v) is 3.15. The summed E-state index contributed by atoms with van der Waals surface area (Å²) in [7, 11) is 0. The van der Waals surface area contributed by atoms with E-state index in [0.717, 1.165) is 30.2 Å². The number of ether oxygens (including phenoxy) is 1. The van der Waals surface area contributed by atoms with E-state index >= 15 is 0 Å². The molecule has 0 saturated heterocycles. The number of aromatic nitrogens is 1. The molecule has 0 aliphatic heterocycles. The summed E-state index contributed by atoms with van der Waals surface area (Å²) in [5, 5.41) is 0.923. The van der Waals surface area contributed by atoms with Crippen molar-refractivity contribution >= 4 is 32.8 Å². The number of H-pyrrole nitrogens is 1. The first-order valence-electron chi connectivity index (χ1n) is 6.17. The van der Waals surface area contributed by atoms with Crippen LogP contribution in [0, 0.1) is 0 Å². The standard InChI is InChI=1S/C14H14BrNO2/c15-11-5-3-7-13(11)18-14(17)10-8-16-12-6-2-1-4-9(10)12/h1-2,4,6,8,11,13,16H,3,5,7H2. The van der Waals surface area contributed by atoms with E-state index in [1.165, 1.54) is 0 Å². The van der Waals surface area contributed by atoms with E-state index in [2.05, 4.69) is 20.9 Å². The molecule has 3 nitrogen and oxygen atoms in total. The molecule has 18 heavy (non-hydrogen) atoms. The maximum atomic E-state index is 12.2. The van der Waals surface area contributed by atoms with Gasteiger partial charge in [0.2, 0.25) is 0 Å². The number of alkyl halides is 1. The van der Waals surface area contributed by atoms with Gasteiger partial charge >= 0.3 is 5.97 Å². The minimum absolute atomic E-state index is 0.00571. The van der Waals surface area contributed by atoms with Crippen LogP contribution in [0.15, 0.2) is 30.5 Å². The van der Waals surface area contributed by atoms with Crippen molar-refractivity contribution in [3.63, 3.8) is 0 Å². The van der Waals surface area contributed by atoms with Gasteiger partial charge in [-0.1, -0.05) is 34.1 Å². The highest BCUT2D eigenvalue weighted by molar-refractivity contribution is 9.09. The van der Waals surface area contributed by atoms with Gasteiger partial charge in [0.25, 0.3) is 0 Å². The van der Waals surface area contributed by atoms with Crippen molar-refractivity contribution in [1.29, 1.82) is 0 Å². The SMILES string of the molecule is O=C(OC1CCCC1Br)c1c[nH]c2ccccc12. The number of aromatic amines is 1. The number of rotatable bonds is 2. The number of para-hydroxylation sites is 1. The van der Waals surface area contributed by atoms with E-state index in [1.807, 2.05) is 24.3 Å². The van der Waals surface area contributed by atoms with Crippen molar-refractivity contribution in [1.82, 2.24) is 4.98 Å². The lowest BCUT2D eigenvalue weighted by atomic mass is 10.2. The number of carbonyl (C=O) groups excluding carboxylic acids is 1. The predicted molar refractivity (Wildman–Crippen MR) is 74.1 cm³/mol. The van der Waals surface area contributed by atoms with Crippen molar-refractivity contribution in [2.45, 2.75) is 30.2 Å². The maximum absolute atomic E-state index is 12.2. The van der Waals surface area contributed by atoms with Crippen LogP contribution in [0.3, 0.4) is 0 Å². The highest BCUT2D eigenvalue weighted by atomic mass is 79.9. The summed E-state index contributed by atoms with van der Waals surface area (Å²) in [5.41, 5.74) is 1.59. The molecule has 0 amide bonds. The molecule has 2 unspecified atom stereocenters. The van der Waals surface area contributed by atoms with Gasteiger partial charge in [-0.3, -0.25) is 0 Å². The van der Waals surface area contributed by atoms with Crippen molar-refractivity contribution in [3.05, 3.63) is 36.0 Å². The van der Waals surface area contributed by atoms with Crippen molar-refractivity contribution in [2.75, 3.05) is 0 Å². The molecule has 94 valence electrons. The number of hydrogen-bond acceptors (Lipinski definition) is 2. The highest BCUT2D eigenvalue weighted by Gasteiger charge is 2.29. The average molecular weight is 308 g/mol. The lowest BCUT2D eigenvalue weighted by Crippen LogP contribution is -2.22. The Morgan fingerprint density at radius 2 is 2.17 bits per heavy atom. The minimum Gasteiger partial charge on any atom is -0.458 e. The van der Waals surface area contributed by atoms with Crippen LogP contribution in [-0.4, -0.2) is 21.9 Å². The highest BCUT2D eigenvalue weighted by Crippen LogP contribution is 2.29. The maximum Gasteiger partial charge on any atom is 0.340 e. The number of halogens is 1. The molecule has 1 aliphatic carbocycles. The third-order valence-electron chi connectivity index (χ3n) is 3.44. The molecule has 0 radical (unpaired) electrons. The van der Waals surface area contributed by atoms with E-state index in [4.69, 9.17) is 4.74 Å². The molecule has 3 rings (SSSR count). The summed E-state index contributed by atoms with van der Waals surface area (Å²) in [6, 6.07) is 7.76. The zero-order valence-corrected chi connectivity index (χ0v) is 11.4. The molecule has 1 aromatic carbocycles. The van der Waals surface area contributed by atoms with Crippen LogP contribution in [0.4, 0.5) is 0 Å². The van der Waals surface area contributed by atoms with Crippen LogP contribution in [0.1, 0.15) is 29.6 Å². The summed E-state index contributed by atoms with van der Waals surface area (Å²) in [4.78, 5) is 15.5. The number of carbonyl (C=O) groups is 1. The summed E-state index contributed by atoms with van der Waals surface area (Å²) < 4.78 is 5.57. The van der Waals surface area contributed by atoms with Gasteiger partial charge in [0, 0.05) is 17.1 Å². The van der Waals surface area contributed by atoms with Gasteiger partial charge in [-0.15, -0.1) is 0 Å². The largest absolute Gasteiger partial charge is 0.458 e. The monoisotopic (exact) mass is 307 g/mol. The molecular formula is C14H14BrNO2. The lowest BCUT2D eigenvalue weighted by molar-refractivity contribution is 0.0334. The predicted octanol–water partition coefficient (Wildman–Crippen LogP) is 3.64. The molecule has 1 heterocycles. The Bertz CT molecular complexity index is 578. The smallest absolute Gasteiger partial charge is 0.340 e. The number of esters is 1. The fourth-order valence-electron chi connectivity index (χ4n) is 2.45. The van der Waals surface area contributed by atoms with E-state index in [-0.39, 0.29) is 12.1 Å². The Kier molecular flexibility index (Phi) is 3.12. The summed E-state index contributed by atoms with van der Waals surface area (Å²) in [6.07, 6.45) is 4.87. The molecule has 2 aromatic rings. The van der Waals surface area contributed by atoms with E-state index < -0.39 is 0 Å². The second-order valence-electron chi connectivity index (χ2n) is 4.64. The Balaban J connectivity index is 1.84. The number of nitrogens with one attached hydrogen (secondary N) is 1. The van der Waals surface area contributed by atoms with Crippen molar-refractivity contribution in [3.8, 4) is 0 Å². The van der Waals surface area contributed by atoms with Gasteiger partial charge < -0.3 is 9.72 Å². The van der Waals surface area contributed by atoms with Crippen LogP contribution in [0.2, 0.25) is 0 Å². The van der Waals surface area contributed by atoms with Gasteiger partial charge in [0.1, 0.15) is 6.10 Å². The second-order valence-corrected chi connectivity index (χ2v) is 5.81. The molecule has 0 bridgehead atoms. The summed E-state index contributed by atoms with van der Waals surface area (Å²) in [5.74, 6) is -0.233. The van der Waals surface area contributed by atoms with Crippen LogP contribution >= 0.6 is 15.9 Å². The lowest BCUT2D eigenvalue weighted by Gasteiger charge is -2.14. The number of fused-ring (bicyclic) bond motifs is 1. The molecule has 1 aliphatic rings. The third-order valence-corrected chi connectivity index (χ3v) is 4.49. The Labute approximate surface area is 114 Å². The molecule has 1 N–H and O–H groups in total. The normalized spacial score (nSPS) is 23.4. The van der Waals surface area contributed by atoms with Gasteiger partial charge in [-0.2, -0.15) is 0 Å². The Morgan fingerprint density at radius 1 is 1.33 bits per heavy atom. The van der Waals surface area contributed by atoms with Gasteiger partial charge in [-0.25, -0.2) is 4.79 Å². The average Bonchev–Trinajstić information content (AvgIpc) is 2.96.